The summed E-state index contributed by atoms with van der Waals surface area (Å²) in [5.74, 6) is 0.0110. The molecule has 2 aliphatic rings. The monoisotopic (exact) mass is 519 g/mol. The molecule has 0 saturated carbocycles. The van der Waals surface area contributed by atoms with Gasteiger partial charge in [-0.1, -0.05) is 98.3 Å². The average molecular weight is 520 g/mol. The molecule has 4 heteroatoms. The van der Waals surface area contributed by atoms with E-state index in [1.165, 1.54) is 46.2 Å². The number of carbonyl (C=O) groups excluding carboxylic acids is 2. The lowest BCUT2D eigenvalue weighted by atomic mass is 9.72. The second kappa shape index (κ2) is 11.4. The number of hydrogen-bond donors (Lipinski definition) is 1. The number of carbonyl (C=O) groups is 2. The number of nitrogens with one attached hydrogen (secondary N) is 1. The van der Waals surface area contributed by atoms with Crippen LogP contribution in [0.1, 0.15) is 79.4 Å². The third-order valence-corrected chi connectivity index (χ3v) is 8.16. The first-order chi connectivity index (χ1) is 18.8. The highest BCUT2D eigenvalue weighted by atomic mass is 16.5. The number of ketones is 1. The molecule has 0 aromatic heterocycles. The van der Waals surface area contributed by atoms with Crippen LogP contribution in [0.4, 0.5) is 4.79 Å². The van der Waals surface area contributed by atoms with Gasteiger partial charge in [-0.25, -0.2) is 4.79 Å². The van der Waals surface area contributed by atoms with Crippen molar-refractivity contribution in [3.8, 4) is 11.1 Å². The Bertz CT molecular complexity index is 1400. The molecule has 5 rings (SSSR count). The van der Waals surface area contributed by atoms with Gasteiger partial charge in [0.2, 0.25) is 0 Å². The van der Waals surface area contributed by atoms with E-state index >= 15 is 0 Å². The Hall–Kier alpha value is -3.92. The zero-order valence-corrected chi connectivity index (χ0v) is 23.1. The molecule has 0 bridgehead atoms. The van der Waals surface area contributed by atoms with Crippen molar-refractivity contribution in [3.63, 3.8) is 0 Å². The van der Waals surface area contributed by atoms with Gasteiger partial charge in [0.25, 0.3) is 0 Å². The first kappa shape index (κ1) is 26.7. The Morgan fingerprint density at radius 1 is 0.949 bits per heavy atom. The Balaban J connectivity index is 1.13. The molecule has 0 aliphatic heterocycles. The summed E-state index contributed by atoms with van der Waals surface area (Å²) in [7, 11) is 0. The van der Waals surface area contributed by atoms with E-state index in [2.05, 4.69) is 62.5 Å². The Morgan fingerprint density at radius 2 is 1.64 bits per heavy atom. The molecule has 0 unspecified atom stereocenters. The fourth-order valence-corrected chi connectivity index (χ4v) is 6.08. The maximum absolute atomic E-state index is 12.9. The molecule has 200 valence electrons. The van der Waals surface area contributed by atoms with Crippen LogP contribution in [-0.2, 0) is 4.74 Å². The van der Waals surface area contributed by atoms with Crippen molar-refractivity contribution in [1.29, 1.82) is 0 Å². The third kappa shape index (κ3) is 5.90. The first-order valence-electron chi connectivity index (χ1n) is 13.9. The van der Waals surface area contributed by atoms with E-state index in [1.807, 2.05) is 48.5 Å². The summed E-state index contributed by atoms with van der Waals surface area (Å²) in [6, 6.07) is 24.2. The van der Waals surface area contributed by atoms with Crippen molar-refractivity contribution >= 4 is 18.0 Å². The maximum atomic E-state index is 12.9. The van der Waals surface area contributed by atoms with Crippen molar-refractivity contribution in [2.75, 3.05) is 13.2 Å². The number of rotatable bonds is 8. The van der Waals surface area contributed by atoms with Gasteiger partial charge in [-0.2, -0.15) is 0 Å². The quantitative estimate of drug-likeness (QED) is 0.304. The van der Waals surface area contributed by atoms with E-state index in [0.717, 1.165) is 12.0 Å². The van der Waals surface area contributed by atoms with Crippen molar-refractivity contribution in [1.82, 2.24) is 5.32 Å². The van der Waals surface area contributed by atoms with Gasteiger partial charge >= 0.3 is 6.09 Å². The lowest BCUT2D eigenvalue weighted by Gasteiger charge is -2.32. The fraction of sp³-hybridized carbons (Fsp3) is 0.314. The van der Waals surface area contributed by atoms with Crippen LogP contribution < -0.4 is 5.32 Å². The number of hydrogen-bond acceptors (Lipinski definition) is 3. The summed E-state index contributed by atoms with van der Waals surface area (Å²) in [6.45, 7) is 7.33. The number of Topliss-reactive ketones (excluding diaryl/α,β-unsaturated/α-hetero) is 1. The number of amides is 1. The van der Waals surface area contributed by atoms with Crippen LogP contribution in [0.5, 0.6) is 0 Å². The van der Waals surface area contributed by atoms with Crippen LogP contribution in [-0.4, -0.2) is 25.0 Å². The van der Waals surface area contributed by atoms with Gasteiger partial charge in [-0.3, -0.25) is 4.79 Å². The molecule has 4 nitrogen and oxygen atoms in total. The summed E-state index contributed by atoms with van der Waals surface area (Å²) in [5.41, 5.74) is 9.43. The molecule has 0 atom stereocenters. The minimum atomic E-state index is -0.500. The van der Waals surface area contributed by atoms with Gasteiger partial charge in [0.15, 0.2) is 5.78 Å². The minimum Gasteiger partial charge on any atom is -0.449 e. The highest BCUT2D eigenvalue weighted by molar-refractivity contribution is 5.96. The van der Waals surface area contributed by atoms with Gasteiger partial charge in [-0.15, -0.1) is 0 Å². The second-order valence-electron chi connectivity index (χ2n) is 11.3. The minimum absolute atomic E-state index is 0.00223. The topological polar surface area (TPSA) is 55.4 Å². The standard InChI is InChI=1S/C35H37NO3/c1-24-10-9-20-35(2,3)32(24)18-17-25-11-8-12-26(22-25)33(37)19-21-36-34(38)39-23-31-29-15-6-4-13-27(29)28-14-5-7-16-30(28)31/h4-8,11-18,22,31H,9-10,19-21,23H2,1-3H3,(H,36,38)/b18-17+. The summed E-state index contributed by atoms with van der Waals surface area (Å²) in [6.07, 6.45) is 7.63. The summed E-state index contributed by atoms with van der Waals surface area (Å²) >= 11 is 0. The summed E-state index contributed by atoms with van der Waals surface area (Å²) in [4.78, 5) is 25.3. The van der Waals surface area contributed by atoms with Crippen LogP contribution in [0.15, 0.2) is 90.0 Å². The number of alkyl carbamates (subject to hydrolysis) is 1. The zero-order chi connectivity index (χ0) is 27.4. The van der Waals surface area contributed by atoms with E-state index in [9.17, 15) is 9.59 Å². The summed E-state index contributed by atoms with van der Waals surface area (Å²) in [5, 5.41) is 2.75. The first-order valence-corrected chi connectivity index (χ1v) is 13.9. The Labute approximate surface area is 231 Å². The van der Waals surface area contributed by atoms with E-state index in [0.29, 0.717) is 5.56 Å². The van der Waals surface area contributed by atoms with Gasteiger partial charge < -0.3 is 10.1 Å². The van der Waals surface area contributed by atoms with Crippen LogP contribution in [0.25, 0.3) is 17.2 Å². The number of fused-ring (bicyclic) bond motifs is 3. The van der Waals surface area contributed by atoms with Gasteiger partial charge in [-0.05, 0) is 71.1 Å². The van der Waals surface area contributed by atoms with Crippen LogP contribution in [0.3, 0.4) is 0 Å². The van der Waals surface area contributed by atoms with Crippen molar-refractivity contribution in [3.05, 3.63) is 112 Å². The Morgan fingerprint density at radius 3 is 2.33 bits per heavy atom. The van der Waals surface area contributed by atoms with Crippen LogP contribution in [0.2, 0.25) is 0 Å². The highest BCUT2D eigenvalue weighted by Crippen LogP contribution is 2.44. The largest absolute Gasteiger partial charge is 0.449 e. The molecule has 2 aliphatic carbocycles. The van der Waals surface area contributed by atoms with Crippen LogP contribution >= 0.6 is 0 Å². The van der Waals surface area contributed by atoms with Gasteiger partial charge in [0.1, 0.15) is 6.61 Å². The van der Waals surface area contributed by atoms with Gasteiger partial charge in [0.05, 0.1) is 0 Å². The van der Waals surface area contributed by atoms with Crippen molar-refractivity contribution < 1.29 is 14.3 Å². The molecular weight excluding hydrogens is 482 g/mol. The maximum Gasteiger partial charge on any atom is 0.407 e. The molecular formula is C35H37NO3. The number of benzene rings is 3. The second-order valence-corrected chi connectivity index (χ2v) is 11.3. The summed E-state index contributed by atoms with van der Waals surface area (Å²) < 4.78 is 5.59. The SMILES string of the molecule is CC1=C(/C=C/c2cccc(C(=O)CCNC(=O)OCC3c4ccccc4-c4ccccc43)c2)C(C)(C)CCC1. The zero-order valence-electron chi connectivity index (χ0n) is 23.1. The molecule has 0 saturated heterocycles. The lowest BCUT2D eigenvalue weighted by Crippen LogP contribution is -2.28. The van der Waals surface area contributed by atoms with E-state index in [1.54, 1.807) is 0 Å². The predicted molar refractivity (Wildman–Crippen MR) is 158 cm³/mol. The van der Waals surface area contributed by atoms with E-state index < -0.39 is 6.09 Å². The molecule has 0 spiro atoms. The molecule has 1 N–H and O–H groups in total. The molecule has 0 radical (unpaired) electrons. The average Bonchev–Trinajstić information content (AvgIpc) is 3.25. The smallest absolute Gasteiger partial charge is 0.407 e. The molecule has 3 aromatic rings. The van der Waals surface area contributed by atoms with Gasteiger partial charge in [0, 0.05) is 24.4 Å². The van der Waals surface area contributed by atoms with Crippen molar-refractivity contribution in [2.45, 2.75) is 52.4 Å². The molecule has 0 fully saturated rings. The molecule has 0 heterocycles. The number of allylic oxidation sites excluding steroid dienone is 3. The van der Waals surface area contributed by atoms with Crippen LogP contribution in [0, 0.1) is 5.41 Å². The third-order valence-electron chi connectivity index (χ3n) is 8.16. The molecule has 1 amide bonds. The Kier molecular flexibility index (Phi) is 7.83. The molecule has 3 aromatic carbocycles. The fourth-order valence-electron chi connectivity index (χ4n) is 6.08. The molecule has 39 heavy (non-hydrogen) atoms. The van der Waals surface area contributed by atoms with Crippen molar-refractivity contribution in [2.24, 2.45) is 5.41 Å². The van der Waals surface area contributed by atoms with E-state index in [4.69, 9.17) is 4.74 Å². The van der Waals surface area contributed by atoms with E-state index in [-0.39, 0.29) is 36.7 Å². The predicted octanol–water partition coefficient (Wildman–Crippen LogP) is 8.34. The number of ether oxygens (including phenoxy) is 1. The normalized spacial score (nSPS) is 16.2. The highest BCUT2D eigenvalue weighted by Gasteiger charge is 2.29. The lowest BCUT2D eigenvalue weighted by molar-refractivity contribution is 0.0981.